The summed E-state index contributed by atoms with van der Waals surface area (Å²) < 4.78 is 19.1. The molecule has 0 spiro atoms. The first-order valence-corrected chi connectivity index (χ1v) is 5.22. The van der Waals surface area contributed by atoms with E-state index in [1.165, 1.54) is 24.4 Å². The molecule has 1 heterocycles. The van der Waals surface area contributed by atoms with Gasteiger partial charge in [0.05, 0.1) is 0 Å². The minimum Gasteiger partial charge on any atom is -0.508 e. The molecule has 0 aliphatic rings. The SMILES string of the molecule is Oc1cccc(Oc2ncc(Br)cc2F)c1. The highest BCUT2D eigenvalue weighted by Gasteiger charge is 2.07. The maximum atomic E-state index is 13.4. The zero-order valence-electron chi connectivity index (χ0n) is 8.02. The Morgan fingerprint density at radius 1 is 1.31 bits per heavy atom. The normalized spacial score (nSPS) is 10.1. The van der Waals surface area contributed by atoms with Crippen LogP contribution >= 0.6 is 15.9 Å². The molecule has 0 bridgehead atoms. The quantitative estimate of drug-likeness (QED) is 0.918. The van der Waals surface area contributed by atoms with Crippen LogP contribution in [0.4, 0.5) is 4.39 Å². The van der Waals surface area contributed by atoms with Gasteiger partial charge in [0.25, 0.3) is 5.88 Å². The predicted molar refractivity (Wildman–Crippen MR) is 60.1 cm³/mol. The fraction of sp³-hybridized carbons (Fsp3) is 0. The van der Waals surface area contributed by atoms with Crippen LogP contribution in [0.1, 0.15) is 0 Å². The Kier molecular flexibility index (Phi) is 3.05. The molecule has 0 aliphatic carbocycles. The molecule has 3 nitrogen and oxygen atoms in total. The molecule has 1 aromatic carbocycles. The highest BCUT2D eigenvalue weighted by atomic mass is 79.9. The van der Waals surface area contributed by atoms with Crippen molar-refractivity contribution in [3.63, 3.8) is 0 Å². The van der Waals surface area contributed by atoms with Gasteiger partial charge in [-0.25, -0.2) is 9.37 Å². The molecule has 82 valence electrons. The average molecular weight is 284 g/mol. The van der Waals surface area contributed by atoms with Crippen LogP contribution < -0.4 is 4.74 Å². The number of phenols is 1. The van der Waals surface area contributed by atoms with E-state index in [1.807, 2.05) is 0 Å². The Bertz CT molecular complexity index is 519. The summed E-state index contributed by atoms with van der Waals surface area (Å²) in [7, 11) is 0. The van der Waals surface area contributed by atoms with Crippen LogP contribution in [0.15, 0.2) is 41.0 Å². The molecular formula is C11H7BrFNO2. The van der Waals surface area contributed by atoms with Crippen molar-refractivity contribution in [2.75, 3.05) is 0 Å². The van der Waals surface area contributed by atoms with Gasteiger partial charge in [0, 0.05) is 16.7 Å². The minimum absolute atomic E-state index is 0.0509. The van der Waals surface area contributed by atoms with Crippen LogP contribution in [-0.2, 0) is 0 Å². The highest BCUT2D eigenvalue weighted by molar-refractivity contribution is 9.10. The maximum Gasteiger partial charge on any atom is 0.255 e. The maximum absolute atomic E-state index is 13.4. The molecule has 1 N–H and O–H groups in total. The van der Waals surface area contributed by atoms with Gasteiger partial charge < -0.3 is 9.84 Å². The summed E-state index contributed by atoms with van der Waals surface area (Å²) in [5, 5.41) is 9.20. The average Bonchev–Trinajstić information content (AvgIpc) is 2.22. The van der Waals surface area contributed by atoms with Crippen molar-refractivity contribution in [1.82, 2.24) is 4.98 Å². The van der Waals surface area contributed by atoms with Gasteiger partial charge in [-0.15, -0.1) is 0 Å². The van der Waals surface area contributed by atoms with Gasteiger partial charge in [0.2, 0.25) is 0 Å². The molecule has 16 heavy (non-hydrogen) atoms. The fourth-order valence-electron chi connectivity index (χ4n) is 1.14. The second kappa shape index (κ2) is 4.49. The summed E-state index contributed by atoms with van der Waals surface area (Å²) in [5.41, 5.74) is 0. The van der Waals surface area contributed by atoms with Crippen LogP contribution in [0.25, 0.3) is 0 Å². The molecule has 0 fully saturated rings. The number of benzene rings is 1. The Labute approximate surface area is 99.6 Å². The first-order chi connectivity index (χ1) is 7.65. The molecule has 0 amide bonds. The number of halogens is 2. The highest BCUT2D eigenvalue weighted by Crippen LogP contribution is 2.26. The van der Waals surface area contributed by atoms with Gasteiger partial charge in [-0.3, -0.25) is 0 Å². The molecule has 0 radical (unpaired) electrons. The van der Waals surface area contributed by atoms with Crippen molar-refractivity contribution in [3.8, 4) is 17.4 Å². The van der Waals surface area contributed by atoms with Gasteiger partial charge in [0.1, 0.15) is 11.5 Å². The summed E-state index contributed by atoms with van der Waals surface area (Å²) in [4.78, 5) is 3.78. The monoisotopic (exact) mass is 283 g/mol. The minimum atomic E-state index is -0.572. The van der Waals surface area contributed by atoms with Crippen molar-refractivity contribution in [2.45, 2.75) is 0 Å². The number of pyridine rings is 1. The lowest BCUT2D eigenvalue weighted by molar-refractivity contribution is 0.416. The van der Waals surface area contributed by atoms with Crippen molar-refractivity contribution in [3.05, 3.63) is 46.8 Å². The number of aromatic nitrogens is 1. The molecule has 0 atom stereocenters. The molecular weight excluding hydrogens is 277 g/mol. The standard InChI is InChI=1S/C11H7BrFNO2/c12-7-4-10(13)11(14-6-7)16-9-3-1-2-8(15)5-9/h1-6,15H. The van der Waals surface area contributed by atoms with Gasteiger partial charge in [0.15, 0.2) is 5.82 Å². The Hall–Kier alpha value is -1.62. The molecule has 0 aliphatic heterocycles. The van der Waals surface area contributed by atoms with E-state index in [0.29, 0.717) is 10.2 Å². The van der Waals surface area contributed by atoms with Crippen LogP contribution in [-0.4, -0.2) is 10.1 Å². The summed E-state index contributed by atoms with van der Waals surface area (Å²) in [5.74, 6) is -0.324. The number of rotatable bonds is 2. The summed E-state index contributed by atoms with van der Waals surface area (Å²) >= 11 is 3.10. The Morgan fingerprint density at radius 3 is 2.81 bits per heavy atom. The van der Waals surface area contributed by atoms with Gasteiger partial charge in [-0.05, 0) is 34.1 Å². The van der Waals surface area contributed by atoms with Gasteiger partial charge in [-0.1, -0.05) is 6.07 Å². The van der Waals surface area contributed by atoms with E-state index in [-0.39, 0.29) is 11.6 Å². The Balaban J connectivity index is 2.27. The number of hydrogen-bond donors (Lipinski definition) is 1. The summed E-state index contributed by atoms with van der Waals surface area (Å²) in [6.45, 7) is 0. The third-order valence-corrected chi connectivity index (χ3v) is 2.24. The fourth-order valence-corrected chi connectivity index (χ4v) is 1.44. The van der Waals surface area contributed by atoms with Crippen LogP contribution in [0, 0.1) is 5.82 Å². The van der Waals surface area contributed by atoms with Gasteiger partial charge in [-0.2, -0.15) is 0 Å². The van der Waals surface area contributed by atoms with E-state index in [0.717, 1.165) is 0 Å². The van der Waals surface area contributed by atoms with E-state index in [4.69, 9.17) is 4.74 Å². The Morgan fingerprint density at radius 2 is 2.12 bits per heavy atom. The second-order valence-corrected chi connectivity index (χ2v) is 3.96. The number of aromatic hydroxyl groups is 1. The third-order valence-electron chi connectivity index (χ3n) is 1.81. The zero-order chi connectivity index (χ0) is 11.5. The smallest absolute Gasteiger partial charge is 0.255 e. The second-order valence-electron chi connectivity index (χ2n) is 3.04. The van der Waals surface area contributed by atoms with E-state index < -0.39 is 5.82 Å². The van der Waals surface area contributed by atoms with E-state index >= 15 is 0 Å². The molecule has 0 unspecified atom stereocenters. The van der Waals surface area contributed by atoms with Crippen LogP contribution in [0.3, 0.4) is 0 Å². The lowest BCUT2D eigenvalue weighted by Gasteiger charge is -2.05. The molecule has 0 saturated carbocycles. The topological polar surface area (TPSA) is 42.4 Å². The van der Waals surface area contributed by atoms with Crippen molar-refractivity contribution in [1.29, 1.82) is 0 Å². The lowest BCUT2D eigenvalue weighted by atomic mass is 10.3. The van der Waals surface area contributed by atoms with Crippen molar-refractivity contribution in [2.24, 2.45) is 0 Å². The predicted octanol–water partition coefficient (Wildman–Crippen LogP) is 3.48. The van der Waals surface area contributed by atoms with Crippen LogP contribution in [0.2, 0.25) is 0 Å². The van der Waals surface area contributed by atoms with E-state index in [1.54, 1.807) is 12.1 Å². The van der Waals surface area contributed by atoms with Gasteiger partial charge >= 0.3 is 0 Å². The van der Waals surface area contributed by atoms with Crippen LogP contribution in [0.5, 0.6) is 17.4 Å². The number of phenolic OH excluding ortho intramolecular Hbond substituents is 1. The first-order valence-electron chi connectivity index (χ1n) is 4.43. The lowest BCUT2D eigenvalue weighted by Crippen LogP contribution is -1.91. The van der Waals surface area contributed by atoms with E-state index in [2.05, 4.69) is 20.9 Å². The van der Waals surface area contributed by atoms with Crippen molar-refractivity contribution >= 4 is 15.9 Å². The molecule has 2 rings (SSSR count). The molecule has 0 saturated heterocycles. The summed E-state index contributed by atoms with van der Waals surface area (Å²) in [6.07, 6.45) is 1.43. The largest absolute Gasteiger partial charge is 0.508 e. The first kappa shape index (κ1) is 10.9. The van der Waals surface area contributed by atoms with Crippen molar-refractivity contribution < 1.29 is 14.2 Å². The zero-order valence-corrected chi connectivity index (χ0v) is 9.61. The third kappa shape index (κ3) is 2.49. The molecule has 1 aromatic heterocycles. The number of hydrogen-bond acceptors (Lipinski definition) is 3. The number of nitrogens with zero attached hydrogens (tertiary/aromatic N) is 1. The summed E-state index contributed by atoms with van der Waals surface area (Å²) in [6, 6.07) is 7.33. The van der Waals surface area contributed by atoms with E-state index in [9.17, 15) is 9.50 Å². The molecule has 5 heteroatoms. The number of ether oxygens (including phenoxy) is 1. The molecule has 2 aromatic rings.